The molecule has 0 spiro atoms. The Morgan fingerprint density at radius 1 is 1.03 bits per heavy atom. The molecule has 1 atom stereocenters. The average molecular weight is 485 g/mol. The van der Waals surface area contributed by atoms with Crippen LogP contribution in [0.25, 0.3) is 0 Å². The lowest BCUT2D eigenvalue weighted by Gasteiger charge is -2.36. The SMILES string of the molecule is COc1cc(C(=O)N(CC(C)C)CC2CN(C(=O)c3ccc(C)cc3)CCO2)cc(OC)c1OC. The van der Waals surface area contributed by atoms with Gasteiger partial charge in [-0.3, -0.25) is 9.59 Å². The normalized spacial score (nSPS) is 15.6. The van der Waals surface area contributed by atoms with E-state index in [0.717, 1.165) is 5.56 Å². The molecule has 0 aliphatic carbocycles. The average Bonchev–Trinajstić information content (AvgIpc) is 2.86. The number of rotatable bonds is 9. The Hall–Kier alpha value is -3.26. The van der Waals surface area contributed by atoms with E-state index in [4.69, 9.17) is 18.9 Å². The standard InChI is InChI=1S/C27H36N2O6/c1-18(2)15-29(27(31)21-13-23(32-4)25(34-6)24(14-21)33-5)17-22-16-28(11-12-35-22)26(30)20-9-7-19(3)8-10-20/h7-10,13-14,18,22H,11-12,15-17H2,1-6H3. The highest BCUT2D eigenvalue weighted by Gasteiger charge is 2.29. The van der Waals surface area contributed by atoms with Gasteiger partial charge in [0.2, 0.25) is 5.75 Å². The van der Waals surface area contributed by atoms with Crippen molar-refractivity contribution >= 4 is 11.8 Å². The molecule has 8 heteroatoms. The van der Waals surface area contributed by atoms with Crippen molar-refractivity contribution in [3.63, 3.8) is 0 Å². The van der Waals surface area contributed by atoms with E-state index in [9.17, 15) is 9.59 Å². The molecule has 1 aliphatic heterocycles. The molecule has 1 fully saturated rings. The third kappa shape index (κ3) is 6.45. The van der Waals surface area contributed by atoms with Gasteiger partial charge in [-0.25, -0.2) is 0 Å². The second kappa shape index (κ2) is 11.9. The van der Waals surface area contributed by atoms with Gasteiger partial charge in [-0.05, 0) is 37.1 Å². The Morgan fingerprint density at radius 3 is 2.20 bits per heavy atom. The van der Waals surface area contributed by atoms with E-state index in [1.807, 2.05) is 31.2 Å². The molecule has 8 nitrogen and oxygen atoms in total. The fraction of sp³-hybridized carbons (Fsp3) is 0.481. The molecule has 2 aromatic rings. The van der Waals surface area contributed by atoms with E-state index in [-0.39, 0.29) is 23.8 Å². The zero-order valence-corrected chi connectivity index (χ0v) is 21.5. The molecule has 0 aromatic heterocycles. The van der Waals surface area contributed by atoms with Gasteiger partial charge in [-0.1, -0.05) is 31.5 Å². The van der Waals surface area contributed by atoms with E-state index < -0.39 is 0 Å². The first kappa shape index (κ1) is 26.3. The maximum absolute atomic E-state index is 13.6. The van der Waals surface area contributed by atoms with Gasteiger partial charge in [0.1, 0.15) is 0 Å². The quantitative estimate of drug-likeness (QED) is 0.541. The summed E-state index contributed by atoms with van der Waals surface area (Å²) in [5, 5.41) is 0. The van der Waals surface area contributed by atoms with Crippen LogP contribution >= 0.6 is 0 Å². The van der Waals surface area contributed by atoms with Gasteiger partial charge in [0, 0.05) is 37.3 Å². The van der Waals surface area contributed by atoms with E-state index >= 15 is 0 Å². The lowest BCUT2D eigenvalue weighted by Crippen LogP contribution is -2.51. The molecule has 1 unspecified atom stereocenters. The number of nitrogens with zero attached hydrogens (tertiary/aromatic N) is 2. The maximum atomic E-state index is 13.6. The summed E-state index contributed by atoms with van der Waals surface area (Å²) < 4.78 is 22.2. The van der Waals surface area contributed by atoms with Gasteiger partial charge in [-0.15, -0.1) is 0 Å². The van der Waals surface area contributed by atoms with Crippen molar-refractivity contribution in [3.8, 4) is 17.2 Å². The molecule has 0 N–H and O–H groups in total. The number of amides is 2. The third-order valence-electron chi connectivity index (χ3n) is 5.93. The van der Waals surface area contributed by atoms with Gasteiger partial charge in [0.25, 0.3) is 11.8 Å². The van der Waals surface area contributed by atoms with Gasteiger partial charge >= 0.3 is 0 Å². The van der Waals surface area contributed by atoms with Crippen LogP contribution in [0.5, 0.6) is 17.2 Å². The largest absolute Gasteiger partial charge is 0.493 e. The smallest absolute Gasteiger partial charge is 0.254 e. The fourth-order valence-electron chi connectivity index (χ4n) is 4.21. The summed E-state index contributed by atoms with van der Waals surface area (Å²) in [6.07, 6.45) is -0.289. The summed E-state index contributed by atoms with van der Waals surface area (Å²) in [4.78, 5) is 30.2. The summed E-state index contributed by atoms with van der Waals surface area (Å²) in [5.74, 6) is 1.33. The number of carbonyl (C=O) groups is 2. The zero-order valence-electron chi connectivity index (χ0n) is 21.5. The van der Waals surface area contributed by atoms with Gasteiger partial charge in [0.05, 0.1) is 34.0 Å². The van der Waals surface area contributed by atoms with Crippen molar-refractivity contribution in [1.29, 1.82) is 0 Å². The van der Waals surface area contributed by atoms with Crippen LogP contribution in [0.2, 0.25) is 0 Å². The minimum Gasteiger partial charge on any atom is -0.493 e. The molecule has 35 heavy (non-hydrogen) atoms. The lowest BCUT2D eigenvalue weighted by atomic mass is 10.1. The molecular weight excluding hydrogens is 448 g/mol. The molecule has 0 bridgehead atoms. The number of ether oxygens (including phenoxy) is 4. The Labute approximate surface area is 207 Å². The predicted molar refractivity (Wildman–Crippen MR) is 134 cm³/mol. The Morgan fingerprint density at radius 2 is 1.66 bits per heavy atom. The van der Waals surface area contributed by atoms with Gasteiger partial charge < -0.3 is 28.7 Å². The highest BCUT2D eigenvalue weighted by molar-refractivity contribution is 5.96. The Bertz CT molecular complexity index is 996. The summed E-state index contributed by atoms with van der Waals surface area (Å²) in [5.41, 5.74) is 2.20. The van der Waals surface area contributed by atoms with Gasteiger partial charge in [-0.2, -0.15) is 0 Å². The number of morpholine rings is 1. The first-order valence-electron chi connectivity index (χ1n) is 11.8. The molecule has 3 rings (SSSR count). The molecule has 2 aromatic carbocycles. The highest BCUT2D eigenvalue weighted by atomic mass is 16.5. The van der Waals surface area contributed by atoms with Gasteiger partial charge in [0.15, 0.2) is 11.5 Å². The minimum absolute atomic E-state index is 0.0235. The molecule has 190 valence electrons. The molecule has 2 amide bonds. The third-order valence-corrected chi connectivity index (χ3v) is 5.93. The van der Waals surface area contributed by atoms with Crippen molar-refractivity contribution in [1.82, 2.24) is 9.80 Å². The molecule has 0 saturated carbocycles. The molecule has 1 aliphatic rings. The first-order chi connectivity index (χ1) is 16.8. The van der Waals surface area contributed by atoms with Crippen molar-refractivity contribution in [2.75, 3.05) is 54.1 Å². The summed E-state index contributed by atoms with van der Waals surface area (Å²) in [6, 6.07) is 10.9. The van der Waals surface area contributed by atoms with Crippen LogP contribution in [0.3, 0.4) is 0 Å². The van der Waals surface area contributed by atoms with Crippen LogP contribution in [0.4, 0.5) is 0 Å². The van der Waals surface area contributed by atoms with Crippen molar-refractivity contribution in [2.24, 2.45) is 5.92 Å². The lowest BCUT2D eigenvalue weighted by molar-refractivity contribution is -0.0340. The van der Waals surface area contributed by atoms with Crippen LogP contribution < -0.4 is 14.2 Å². The summed E-state index contributed by atoms with van der Waals surface area (Å²) in [6.45, 7) is 8.39. The van der Waals surface area contributed by atoms with Crippen LogP contribution in [0, 0.1) is 12.8 Å². The van der Waals surface area contributed by atoms with E-state index in [1.54, 1.807) is 21.9 Å². The maximum Gasteiger partial charge on any atom is 0.254 e. The van der Waals surface area contributed by atoms with Crippen LogP contribution in [-0.2, 0) is 4.74 Å². The number of hydrogen-bond donors (Lipinski definition) is 0. The second-order valence-corrected chi connectivity index (χ2v) is 9.13. The van der Waals surface area contributed by atoms with E-state index in [2.05, 4.69) is 13.8 Å². The number of carbonyl (C=O) groups excluding carboxylic acids is 2. The van der Waals surface area contributed by atoms with Crippen molar-refractivity contribution in [2.45, 2.75) is 26.9 Å². The number of benzene rings is 2. The molecule has 0 radical (unpaired) electrons. The zero-order chi connectivity index (χ0) is 25.5. The van der Waals surface area contributed by atoms with Crippen LogP contribution in [0.15, 0.2) is 36.4 Å². The minimum atomic E-state index is -0.289. The van der Waals surface area contributed by atoms with Crippen LogP contribution in [-0.4, -0.2) is 81.8 Å². The predicted octanol–water partition coefficient (Wildman–Crippen LogP) is 3.66. The number of aryl methyl sites for hydroxylation is 1. The number of methoxy groups -OCH3 is 3. The fourth-order valence-corrected chi connectivity index (χ4v) is 4.21. The molecule has 1 heterocycles. The van der Waals surface area contributed by atoms with E-state index in [0.29, 0.717) is 61.2 Å². The second-order valence-electron chi connectivity index (χ2n) is 9.13. The topological polar surface area (TPSA) is 77.5 Å². The Kier molecular flexibility index (Phi) is 8.98. The summed E-state index contributed by atoms with van der Waals surface area (Å²) >= 11 is 0. The van der Waals surface area contributed by atoms with Crippen molar-refractivity contribution < 1.29 is 28.5 Å². The Balaban J connectivity index is 1.79. The summed E-state index contributed by atoms with van der Waals surface area (Å²) in [7, 11) is 4.57. The highest BCUT2D eigenvalue weighted by Crippen LogP contribution is 2.38. The van der Waals surface area contributed by atoms with Crippen LogP contribution in [0.1, 0.15) is 40.1 Å². The van der Waals surface area contributed by atoms with Crippen molar-refractivity contribution in [3.05, 3.63) is 53.1 Å². The molecular formula is C27H36N2O6. The first-order valence-corrected chi connectivity index (χ1v) is 11.8. The number of hydrogen-bond acceptors (Lipinski definition) is 6. The van der Waals surface area contributed by atoms with E-state index in [1.165, 1.54) is 21.3 Å². The molecule has 1 saturated heterocycles. The monoisotopic (exact) mass is 484 g/mol.